The van der Waals surface area contributed by atoms with Gasteiger partial charge < -0.3 is 14.8 Å². The van der Waals surface area contributed by atoms with Crippen LogP contribution in [0.5, 0.6) is 5.75 Å². The highest BCUT2D eigenvalue weighted by Gasteiger charge is 2.26. The van der Waals surface area contributed by atoms with Crippen molar-refractivity contribution in [2.75, 3.05) is 19.5 Å². The van der Waals surface area contributed by atoms with Crippen LogP contribution >= 0.6 is 11.6 Å². The number of methoxy groups -OCH3 is 2. The second-order valence-corrected chi connectivity index (χ2v) is 5.05. The van der Waals surface area contributed by atoms with Crippen molar-refractivity contribution in [1.82, 2.24) is 0 Å². The standard InChI is InChI=1S/C14H16ClNO4/c1-19-12-7-11(16-13(17)8-4-3-5-8)10(15)6-9(12)14(18)20-2/h6-8H,3-5H2,1-2H3,(H,16,17). The summed E-state index contributed by atoms with van der Waals surface area (Å²) in [5, 5.41) is 3.04. The molecule has 0 bridgehead atoms. The van der Waals surface area contributed by atoms with Gasteiger partial charge in [-0.2, -0.15) is 0 Å². The first-order valence-electron chi connectivity index (χ1n) is 6.33. The van der Waals surface area contributed by atoms with Crippen molar-refractivity contribution in [3.05, 3.63) is 22.7 Å². The summed E-state index contributed by atoms with van der Waals surface area (Å²) in [6.45, 7) is 0. The molecule has 1 aliphatic carbocycles. The zero-order chi connectivity index (χ0) is 14.7. The lowest BCUT2D eigenvalue weighted by Gasteiger charge is -2.24. The van der Waals surface area contributed by atoms with Gasteiger partial charge in [-0.15, -0.1) is 0 Å². The SMILES string of the molecule is COC(=O)c1cc(Cl)c(NC(=O)C2CCC2)cc1OC. The largest absolute Gasteiger partial charge is 0.496 e. The summed E-state index contributed by atoms with van der Waals surface area (Å²) in [5.74, 6) is -0.228. The van der Waals surface area contributed by atoms with Gasteiger partial charge in [0, 0.05) is 12.0 Å². The highest BCUT2D eigenvalue weighted by Crippen LogP contribution is 2.33. The molecule has 0 heterocycles. The van der Waals surface area contributed by atoms with Crippen LogP contribution in [0.2, 0.25) is 5.02 Å². The van der Waals surface area contributed by atoms with E-state index in [1.807, 2.05) is 0 Å². The third-order valence-electron chi connectivity index (χ3n) is 3.43. The van der Waals surface area contributed by atoms with E-state index < -0.39 is 5.97 Å². The van der Waals surface area contributed by atoms with Crippen LogP contribution in [0.3, 0.4) is 0 Å². The Morgan fingerprint density at radius 3 is 2.50 bits per heavy atom. The third-order valence-corrected chi connectivity index (χ3v) is 3.74. The van der Waals surface area contributed by atoms with Gasteiger partial charge >= 0.3 is 5.97 Å². The number of esters is 1. The molecule has 5 nitrogen and oxygen atoms in total. The Labute approximate surface area is 122 Å². The van der Waals surface area contributed by atoms with E-state index in [9.17, 15) is 9.59 Å². The Bertz CT molecular complexity index is 540. The number of halogens is 1. The number of hydrogen-bond donors (Lipinski definition) is 1. The van der Waals surface area contributed by atoms with Crippen LogP contribution in [0.1, 0.15) is 29.6 Å². The second kappa shape index (κ2) is 6.13. The van der Waals surface area contributed by atoms with Crippen LogP contribution in [0.25, 0.3) is 0 Å². The smallest absolute Gasteiger partial charge is 0.341 e. The molecule has 1 aliphatic rings. The molecule has 108 valence electrons. The molecule has 1 aromatic carbocycles. The second-order valence-electron chi connectivity index (χ2n) is 4.64. The zero-order valence-corrected chi connectivity index (χ0v) is 12.1. The fourth-order valence-electron chi connectivity index (χ4n) is 1.99. The summed E-state index contributed by atoms with van der Waals surface area (Å²) >= 11 is 6.09. The highest BCUT2D eigenvalue weighted by atomic mass is 35.5. The summed E-state index contributed by atoms with van der Waals surface area (Å²) in [6, 6.07) is 2.97. The van der Waals surface area contributed by atoms with Crippen LogP contribution in [0.15, 0.2) is 12.1 Å². The molecular weight excluding hydrogens is 282 g/mol. The van der Waals surface area contributed by atoms with E-state index in [1.54, 1.807) is 0 Å². The van der Waals surface area contributed by atoms with E-state index in [0.29, 0.717) is 11.4 Å². The number of ether oxygens (including phenoxy) is 2. The van der Waals surface area contributed by atoms with Crippen molar-refractivity contribution < 1.29 is 19.1 Å². The van der Waals surface area contributed by atoms with Gasteiger partial charge in [-0.05, 0) is 18.9 Å². The summed E-state index contributed by atoms with van der Waals surface area (Å²) in [6.07, 6.45) is 2.89. The molecule has 0 atom stereocenters. The van der Waals surface area contributed by atoms with Gasteiger partial charge in [-0.3, -0.25) is 4.79 Å². The highest BCUT2D eigenvalue weighted by molar-refractivity contribution is 6.34. The predicted molar refractivity (Wildman–Crippen MR) is 75.3 cm³/mol. The molecule has 0 saturated heterocycles. The molecule has 0 spiro atoms. The van der Waals surface area contributed by atoms with Crippen LogP contribution < -0.4 is 10.1 Å². The van der Waals surface area contributed by atoms with Crippen LogP contribution in [0, 0.1) is 5.92 Å². The van der Waals surface area contributed by atoms with Gasteiger partial charge in [0.05, 0.1) is 24.9 Å². The van der Waals surface area contributed by atoms with E-state index in [4.69, 9.17) is 16.3 Å². The molecule has 2 rings (SSSR count). The molecule has 20 heavy (non-hydrogen) atoms. The van der Waals surface area contributed by atoms with Crippen LogP contribution in [-0.4, -0.2) is 26.1 Å². The molecule has 6 heteroatoms. The van der Waals surface area contributed by atoms with E-state index in [2.05, 4.69) is 10.1 Å². The quantitative estimate of drug-likeness (QED) is 0.868. The fraction of sp³-hybridized carbons (Fsp3) is 0.429. The van der Waals surface area contributed by atoms with Gasteiger partial charge in [0.2, 0.25) is 5.91 Å². The Kier molecular flexibility index (Phi) is 4.49. The lowest BCUT2D eigenvalue weighted by atomic mass is 9.85. The minimum atomic E-state index is -0.541. The minimum absolute atomic E-state index is 0.0500. The number of amides is 1. The first-order valence-corrected chi connectivity index (χ1v) is 6.71. The number of hydrogen-bond acceptors (Lipinski definition) is 4. The van der Waals surface area contributed by atoms with Gasteiger partial charge in [-0.25, -0.2) is 4.79 Å². The van der Waals surface area contributed by atoms with Crippen LogP contribution in [-0.2, 0) is 9.53 Å². The number of rotatable bonds is 4. The van der Waals surface area contributed by atoms with E-state index >= 15 is 0 Å². The molecule has 0 aromatic heterocycles. The maximum atomic E-state index is 11.9. The Morgan fingerprint density at radius 1 is 1.30 bits per heavy atom. The Hall–Kier alpha value is -1.75. The number of benzene rings is 1. The number of carbonyl (C=O) groups excluding carboxylic acids is 2. The van der Waals surface area contributed by atoms with Crippen molar-refractivity contribution in [3.63, 3.8) is 0 Å². The number of carbonyl (C=O) groups is 2. The van der Waals surface area contributed by atoms with Gasteiger partial charge in [0.1, 0.15) is 11.3 Å². The zero-order valence-electron chi connectivity index (χ0n) is 11.4. The lowest BCUT2D eigenvalue weighted by Crippen LogP contribution is -2.28. The monoisotopic (exact) mass is 297 g/mol. The van der Waals surface area contributed by atoms with Gasteiger partial charge in [0.25, 0.3) is 0 Å². The summed E-state index contributed by atoms with van der Waals surface area (Å²) in [5.41, 5.74) is 0.662. The fourth-order valence-corrected chi connectivity index (χ4v) is 2.20. The Balaban J connectivity index is 2.25. The first-order chi connectivity index (χ1) is 9.56. The first kappa shape index (κ1) is 14.7. The minimum Gasteiger partial charge on any atom is -0.496 e. The Morgan fingerprint density at radius 2 is 2.00 bits per heavy atom. The predicted octanol–water partition coefficient (Wildman–Crippen LogP) is 2.87. The normalized spacial score (nSPS) is 14.3. The molecule has 0 radical (unpaired) electrons. The molecule has 1 amide bonds. The van der Waals surface area contributed by atoms with Crippen molar-refractivity contribution in [3.8, 4) is 5.75 Å². The maximum absolute atomic E-state index is 11.9. The summed E-state index contributed by atoms with van der Waals surface area (Å²) in [4.78, 5) is 23.5. The van der Waals surface area contributed by atoms with Crippen LogP contribution in [0.4, 0.5) is 5.69 Å². The molecular formula is C14H16ClNO4. The topological polar surface area (TPSA) is 64.6 Å². The lowest BCUT2D eigenvalue weighted by molar-refractivity contribution is -0.122. The van der Waals surface area contributed by atoms with E-state index in [1.165, 1.54) is 26.4 Å². The number of nitrogens with one attached hydrogen (secondary N) is 1. The average Bonchev–Trinajstić information content (AvgIpc) is 2.37. The number of anilines is 1. The van der Waals surface area contributed by atoms with Crippen molar-refractivity contribution in [2.24, 2.45) is 5.92 Å². The molecule has 0 unspecified atom stereocenters. The van der Waals surface area contributed by atoms with Crippen molar-refractivity contribution in [1.29, 1.82) is 0 Å². The molecule has 1 aromatic rings. The van der Waals surface area contributed by atoms with Gasteiger partial charge in [-0.1, -0.05) is 18.0 Å². The summed E-state index contributed by atoms with van der Waals surface area (Å²) in [7, 11) is 2.72. The molecule has 1 N–H and O–H groups in total. The van der Waals surface area contributed by atoms with E-state index in [0.717, 1.165) is 19.3 Å². The average molecular weight is 298 g/mol. The van der Waals surface area contributed by atoms with E-state index in [-0.39, 0.29) is 22.4 Å². The summed E-state index contributed by atoms with van der Waals surface area (Å²) < 4.78 is 9.79. The third kappa shape index (κ3) is 2.88. The van der Waals surface area contributed by atoms with Crippen molar-refractivity contribution >= 4 is 29.2 Å². The van der Waals surface area contributed by atoms with Gasteiger partial charge in [0.15, 0.2) is 0 Å². The molecule has 0 aliphatic heterocycles. The van der Waals surface area contributed by atoms with Crippen molar-refractivity contribution in [2.45, 2.75) is 19.3 Å². The molecule has 1 fully saturated rings. The molecule has 1 saturated carbocycles. The maximum Gasteiger partial charge on any atom is 0.341 e.